The summed E-state index contributed by atoms with van der Waals surface area (Å²) in [6.45, 7) is 6.56. The number of carbonyl (C=O) groups excluding carboxylic acids is 3. The first-order valence-electron chi connectivity index (χ1n) is 36.1. The number of esters is 3. The third-order valence-electron chi connectivity index (χ3n) is 15.9. The summed E-state index contributed by atoms with van der Waals surface area (Å²) in [6, 6.07) is 0. The second kappa shape index (κ2) is 71.1. The number of ether oxygens (including phenoxy) is 3. The van der Waals surface area contributed by atoms with Gasteiger partial charge in [0.1, 0.15) is 13.2 Å². The van der Waals surface area contributed by atoms with E-state index in [1.165, 1.54) is 231 Å². The van der Waals surface area contributed by atoms with Crippen LogP contribution < -0.4 is 0 Å². The quantitative estimate of drug-likeness (QED) is 0.0261. The van der Waals surface area contributed by atoms with E-state index in [4.69, 9.17) is 14.2 Å². The molecule has 0 saturated carbocycles. The lowest BCUT2D eigenvalue weighted by atomic mass is 10.0. The molecule has 0 bridgehead atoms. The second-order valence-electron chi connectivity index (χ2n) is 24.1. The Morgan fingerprint density at radius 1 is 0.253 bits per heavy atom. The molecule has 0 spiro atoms. The van der Waals surface area contributed by atoms with E-state index in [-0.39, 0.29) is 31.1 Å². The highest BCUT2D eigenvalue weighted by molar-refractivity contribution is 5.71. The van der Waals surface area contributed by atoms with Crippen molar-refractivity contribution in [2.45, 2.75) is 374 Å². The molecule has 480 valence electrons. The van der Waals surface area contributed by atoms with E-state index in [9.17, 15) is 14.4 Å². The zero-order chi connectivity index (χ0) is 59.9. The standard InChI is InChI=1S/C77H136O6/c1-4-7-10-13-16-19-22-25-28-31-34-36-37-38-39-41-43-46-49-52-55-58-61-64-67-70-76(79)82-73-74(72-81-75(78)69-66-63-60-57-54-51-48-45-42-33-30-27-24-21-18-15-12-9-6-3)83-77(80)71-68-65-62-59-56-53-50-47-44-40-35-32-29-26-23-20-17-14-11-8-5-2/h9,12,18,21-22,25,27,30-32,34-35,42,45,74H,4-8,10-11,13-17,19-20,23-24,26,28-29,33,36-41,43-44,46-73H2,1-3H3/b12-9-,21-18-,25-22-,30-27-,34-31-,35-32-,45-42-. The number of hydrogen-bond acceptors (Lipinski definition) is 6. The minimum atomic E-state index is -0.787. The maximum Gasteiger partial charge on any atom is 0.306 e. The molecule has 83 heavy (non-hydrogen) atoms. The average molecular weight is 1160 g/mol. The fourth-order valence-electron chi connectivity index (χ4n) is 10.5. The van der Waals surface area contributed by atoms with Crippen LogP contribution in [0.3, 0.4) is 0 Å². The van der Waals surface area contributed by atoms with Crippen molar-refractivity contribution in [3.63, 3.8) is 0 Å². The predicted molar refractivity (Wildman–Crippen MR) is 362 cm³/mol. The Morgan fingerprint density at radius 2 is 0.470 bits per heavy atom. The van der Waals surface area contributed by atoms with Gasteiger partial charge in [-0.25, -0.2) is 0 Å². The Labute approximate surface area is 515 Å². The van der Waals surface area contributed by atoms with Gasteiger partial charge in [-0.3, -0.25) is 14.4 Å². The molecule has 6 heteroatoms. The van der Waals surface area contributed by atoms with Crippen LogP contribution in [0.15, 0.2) is 85.1 Å². The summed E-state index contributed by atoms with van der Waals surface area (Å²) in [6.07, 6.45) is 94.6. The first-order chi connectivity index (χ1) is 41.0. The van der Waals surface area contributed by atoms with Crippen LogP contribution in [0.1, 0.15) is 367 Å². The Bertz CT molecular complexity index is 1570. The summed E-state index contributed by atoms with van der Waals surface area (Å²) in [5, 5.41) is 0. The molecule has 0 amide bonds. The second-order valence-corrected chi connectivity index (χ2v) is 24.1. The van der Waals surface area contributed by atoms with Gasteiger partial charge in [-0.1, -0.05) is 318 Å². The van der Waals surface area contributed by atoms with Crippen LogP contribution in [0.25, 0.3) is 0 Å². The van der Waals surface area contributed by atoms with Crippen molar-refractivity contribution >= 4 is 17.9 Å². The lowest BCUT2D eigenvalue weighted by Gasteiger charge is -2.18. The first kappa shape index (κ1) is 79.6. The molecule has 0 aliphatic heterocycles. The molecule has 0 aliphatic rings. The minimum Gasteiger partial charge on any atom is -0.462 e. The summed E-state index contributed by atoms with van der Waals surface area (Å²) >= 11 is 0. The number of carbonyl (C=O) groups is 3. The van der Waals surface area contributed by atoms with E-state index >= 15 is 0 Å². The van der Waals surface area contributed by atoms with E-state index < -0.39 is 6.10 Å². The van der Waals surface area contributed by atoms with E-state index in [0.29, 0.717) is 19.3 Å². The molecule has 0 saturated heterocycles. The molecule has 6 nitrogen and oxygen atoms in total. The maximum atomic E-state index is 13.0. The molecule has 0 rings (SSSR count). The van der Waals surface area contributed by atoms with Crippen molar-refractivity contribution in [2.75, 3.05) is 13.2 Å². The van der Waals surface area contributed by atoms with Gasteiger partial charge in [0.25, 0.3) is 0 Å². The molecule has 1 atom stereocenters. The SMILES string of the molecule is CC/C=C\C/C=C\C/C=C\C/C=C\CCCCCCCCC(=O)OCC(COC(=O)CCCCCCCCCCCCCCC/C=C\C/C=C\CCCCCCC)OC(=O)CCCCCCCCCCC/C=C\CCCCCCCCCC. The summed E-state index contributed by atoms with van der Waals surface area (Å²) < 4.78 is 17.0. The molecule has 0 N–H and O–H groups in total. The summed E-state index contributed by atoms with van der Waals surface area (Å²) in [5.41, 5.74) is 0. The Balaban J connectivity index is 4.36. The van der Waals surface area contributed by atoms with E-state index in [1.807, 2.05) is 0 Å². The van der Waals surface area contributed by atoms with Gasteiger partial charge in [0.2, 0.25) is 0 Å². The van der Waals surface area contributed by atoms with Gasteiger partial charge in [-0.2, -0.15) is 0 Å². The van der Waals surface area contributed by atoms with Crippen LogP contribution in [0.4, 0.5) is 0 Å². The van der Waals surface area contributed by atoms with Crippen LogP contribution >= 0.6 is 0 Å². The fourth-order valence-corrected chi connectivity index (χ4v) is 10.5. The zero-order valence-corrected chi connectivity index (χ0v) is 55.2. The van der Waals surface area contributed by atoms with Crippen LogP contribution in [-0.4, -0.2) is 37.2 Å². The smallest absolute Gasteiger partial charge is 0.306 e. The van der Waals surface area contributed by atoms with Gasteiger partial charge in [-0.15, -0.1) is 0 Å². The van der Waals surface area contributed by atoms with E-state index in [2.05, 4.69) is 106 Å². The lowest BCUT2D eigenvalue weighted by Crippen LogP contribution is -2.30. The van der Waals surface area contributed by atoms with E-state index in [0.717, 1.165) is 96.3 Å². The molecule has 0 aliphatic carbocycles. The number of rotatable bonds is 66. The molecule has 0 aromatic rings. The van der Waals surface area contributed by atoms with Crippen molar-refractivity contribution in [3.8, 4) is 0 Å². The predicted octanol–water partition coefficient (Wildman–Crippen LogP) is 25.0. The summed E-state index contributed by atoms with van der Waals surface area (Å²) in [7, 11) is 0. The highest BCUT2D eigenvalue weighted by Crippen LogP contribution is 2.17. The largest absolute Gasteiger partial charge is 0.462 e. The average Bonchev–Trinajstić information content (AvgIpc) is 3.49. The van der Waals surface area contributed by atoms with Crippen LogP contribution in [0.2, 0.25) is 0 Å². The van der Waals surface area contributed by atoms with Gasteiger partial charge in [0.15, 0.2) is 6.10 Å². The molecule has 0 fully saturated rings. The molecule has 0 radical (unpaired) electrons. The number of allylic oxidation sites excluding steroid dienone is 14. The fraction of sp³-hybridized carbons (Fsp3) is 0.779. The van der Waals surface area contributed by atoms with Crippen molar-refractivity contribution in [1.82, 2.24) is 0 Å². The zero-order valence-electron chi connectivity index (χ0n) is 55.2. The van der Waals surface area contributed by atoms with Crippen molar-refractivity contribution in [1.29, 1.82) is 0 Å². The number of hydrogen-bond donors (Lipinski definition) is 0. The van der Waals surface area contributed by atoms with E-state index in [1.54, 1.807) is 0 Å². The highest BCUT2D eigenvalue weighted by atomic mass is 16.6. The molecule has 0 aromatic carbocycles. The third kappa shape index (κ3) is 69.3. The normalized spacial score (nSPS) is 12.6. The summed E-state index contributed by atoms with van der Waals surface area (Å²) in [4.78, 5) is 38.5. The first-order valence-corrected chi connectivity index (χ1v) is 36.1. The minimum absolute atomic E-state index is 0.0802. The van der Waals surface area contributed by atoms with Crippen molar-refractivity contribution < 1.29 is 28.6 Å². The number of unbranched alkanes of at least 4 members (excludes halogenated alkanes) is 41. The lowest BCUT2D eigenvalue weighted by molar-refractivity contribution is -0.167. The summed E-state index contributed by atoms with van der Waals surface area (Å²) in [5.74, 6) is -0.878. The Morgan fingerprint density at radius 3 is 0.747 bits per heavy atom. The van der Waals surface area contributed by atoms with Gasteiger partial charge >= 0.3 is 17.9 Å². The van der Waals surface area contributed by atoms with Crippen LogP contribution in [0.5, 0.6) is 0 Å². The molecule has 0 aromatic heterocycles. The van der Waals surface area contributed by atoms with Crippen LogP contribution in [-0.2, 0) is 28.6 Å². The van der Waals surface area contributed by atoms with Gasteiger partial charge in [0.05, 0.1) is 0 Å². The topological polar surface area (TPSA) is 78.9 Å². The van der Waals surface area contributed by atoms with Gasteiger partial charge < -0.3 is 14.2 Å². The molecule has 1 unspecified atom stereocenters. The molecule has 0 heterocycles. The van der Waals surface area contributed by atoms with Crippen molar-refractivity contribution in [2.24, 2.45) is 0 Å². The Hall–Kier alpha value is -3.41. The van der Waals surface area contributed by atoms with Gasteiger partial charge in [0, 0.05) is 19.3 Å². The molecular weight excluding hydrogens is 1020 g/mol. The van der Waals surface area contributed by atoms with Gasteiger partial charge in [-0.05, 0) is 116 Å². The Kier molecular flexibility index (Phi) is 68.2. The maximum absolute atomic E-state index is 13.0. The van der Waals surface area contributed by atoms with Crippen LogP contribution in [0, 0.1) is 0 Å². The highest BCUT2D eigenvalue weighted by Gasteiger charge is 2.19. The molecular formula is C77H136O6. The monoisotopic (exact) mass is 1160 g/mol. The van der Waals surface area contributed by atoms with Crippen molar-refractivity contribution in [3.05, 3.63) is 85.1 Å². The third-order valence-corrected chi connectivity index (χ3v) is 15.9.